The predicted octanol–water partition coefficient (Wildman–Crippen LogP) is 3.40. The minimum absolute atomic E-state index is 0.0774. The Morgan fingerprint density at radius 1 is 1.44 bits per heavy atom. The molecule has 0 aliphatic heterocycles. The third kappa shape index (κ3) is 5.33. The lowest BCUT2D eigenvalue weighted by Crippen LogP contribution is -2.22. The highest BCUT2D eigenvalue weighted by Gasteiger charge is 2.05. The van der Waals surface area contributed by atoms with Crippen LogP contribution in [0.25, 0.3) is 0 Å². The van der Waals surface area contributed by atoms with Crippen LogP contribution in [0.1, 0.15) is 31.2 Å². The summed E-state index contributed by atoms with van der Waals surface area (Å²) in [6.45, 7) is 0.208. The van der Waals surface area contributed by atoms with Crippen LogP contribution in [-0.2, 0) is 11.3 Å². The number of hydrogen-bond donors (Lipinski definition) is 1. The molecule has 0 bridgehead atoms. The molecule has 0 aromatic heterocycles. The zero-order valence-corrected chi connectivity index (χ0v) is 11.6. The van der Waals surface area contributed by atoms with Gasteiger partial charge in [0.05, 0.1) is 0 Å². The zero-order valence-electron chi connectivity index (χ0n) is 10.0. The zero-order chi connectivity index (χ0) is 13.4. The van der Waals surface area contributed by atoms with Gasteiger partial charge in [-0.1, -0.05) is 15.9 Å². The van der Waals surface area contributed by atoms with Gasteiger partial charge in [0, 0.05) is 29.4 Å². The molecule has 1 aromatic carbocycles. The molecule has 0 aliphatic rings. The van der Waals surface area contributed by atoms with E-state index >= 15 is 0 Å². The van der Waals surface area contributed by atoms with E-state index in [0.29, 0.717) is 18.4 Å². The largest absolute Gasteiger partial charge is 0.352 e. The Morgan fingerprint density at radius 3 is 2.94 bits per heavy atom. The van der Waals surface area contributed by atoms with Crippen LogP contribution in [-0.4, -0.2) is 5.91 Å². The summed E-state index contributed by atoms with van der Waals surface area (Å²) in [5, 5.41) is 2.69. The molecule has 0 fully saturated rings. The number of carbonyl (C=O) groups is 1. The summed E-state index contributed by atoms with van der Waals surface area (Å²) in [7, 11) is 0. The average molecular weight is 312 g/mol. The molecule has 1 aromatic rings. The monoisotopic (exact) mass is 311 g/mol. The second-order valence-corrected chi connectivity index (χ2v) is 4.84. The van der Waals surface area contributed by atoms with Crippen LogP contribution < -0.4 is 5.32 Å². The van der Waals surface area contributed by atoms with Crippen molar-refractivity contribution in [3.8, 4) is 12.3 Å². The van der Waals surface area contributed by atoms with Crippen LogP contribution in [0.15, 0.2) is 22.7 Å². The second-order valence-electron chi connectivity index (χ2n) is 3.92. The smallest absolute Gasteiger partial charge is 0.220 e. The summed E-state index contributed by atoms with van der Waals surface area (Å²) < 4.78 is 14.2. The van der Waals surface area contributed by atoms with Crippen molar-refractivity contribution < 1.29 is 9.18 Å². The van der Waals surface area contributed by atoms with Gasteiger partial charge in [0.15, 0.2) is 0 Å². The Kier molecular flexibility index (Phi) is 6.45. The molecule has 0 atom stereocenters. The van der Waals surface area contributed by atoms with Gasteiger partial charge in [0.25, 0.3) is 0 Å². The first-order chi connectivity index (χ1) is 8.63. The van der Waals surface area contributed by atoms with Gasteiger partial charge in [-0.3, -0.25) is 4.79 Å². The van der Waals surface area contributed by atoms with E-state index in [9.17, 15) is 9.18 Å². The molecule has 96 valence electrons. The minimum Gasteiger partial charge on any atom is -0.352 e. The minimum atomic E-state index is -0.314. The maximum absolute atomic E-state index is 13.4. The number of hydrogen-bond acceptors (Lipinski definition) is 1. The van der Waals surface area contributed by atoms with Crippen molar-refractivity contribution in [2.45, 2.75) is 32.2 Å². The van der Waals surface area contributed by atoms with Gasteiger partial charge >= 0.3 is 0 Å². The molecule has 18 heavy (non-hydrogen) atoms. The quantitative estimate of drug-likeness (QED) is 0.633. The Morgan fingerprint density at radius 2 is 2.22 bits per heavy atom. The average Bonchev–Trinajstić information content (AvgIpc) is 2.36. The first-order valence-corrected chi connectivity index (χ1v) is 6.57. The molecule has 0 heterocycles. The van der Waals surface area contributed by atoms with Crippen molar-refractivity contribution in [1.82, 2.24) is 5.32 Å². The van der Waals surface area contributed by atoms with Crippen LogP contribution in [0, 0.1) is 18.2 Å². The predicted molar refractivity (Wildman–Crippen MR) is 73.2 cm³/mol. The summed E-state index contributed by atoms with van der Waals surface area (Å²) in [5.41, 5.74) is 0.473. The van der Waals surface area contributed by atoms with E-state index in [2.05, 4.69) is 27.2 Å². The van der Waals surface area contributed by atoms with Gasteiger partial charge in [0.2, 0.25) is 5.91 Å². The fraction of sp³-hybridized carbons (Fsp3) is 0.357. The van der Waals surface area contributed by atoms with Crippen molar-refractivity contribution in [1.29, 1.82) is 0 Å². The topological polar surface area (TPSA) is 29.1 Å². The molecule has 0 aliphatic carbocycles. The Bertz CT molecular complexity index is 454. The van der Waals surface area contributed by atoms with Crippen LogP contribution in [0.3, 0.4) is 0 Å². The lowest BCUT2D eigenvalue weighted by Gasteiger charge is -2.06. The molecule has 0 unspecified atom stereocenters. The summed E-state index contributed by atoms with van der Waals surface area (Å²) in [4.78, 5) is 11.5. The number of nitrogens with one attached hydrogen (secondary N) is 1. The van der Waals surface area contributed by atoms with Crippen LogP contribution in [0.4, 0.5) is 4.39 Å². The van der Waals surface area contributed by atoms with Crippen LogP contribution in [0.5, 0.6) is 0 Å². The fourth-order valence-corrected chi connectivity index (χ4v) is 1.88. The lowest BCUT2D eigenvalue weighted by molar-refractivity contribution is -0.121. The number of unbranched alkanes of at least 4 members (excludes halogenated alkanes) is 2. The molecular weight excluding hydrogens is 297 g/mol. The Balaban J connectivity index is 2.34. The standard InChI is InChI=1S/C14H15BrFNO/c1-2-3-4-5-6-14(18)17-10-11-9-12(15)7-8-13(11)16/h1,7-9H,3-6,10H2,(H,17,18). The Labute approximate surface area is 115 Å². The summed E-state index contributed by atoms with van der Waals surface area (Å²) in [6.07, 6.45) is 7.83. The van der Waals surface area contributed by atoms with E-state index in [4.69, 9.17) is 6.42 Å². The third-order valence-corrected chi connectivity index (χ3v) is 2.95. The first-order valence-electron chi connectivity index (χ1n) is 5.77. The highest BCUT2D eigenvalue weighted by molar-refractivity contribution is 9.10. The number of rotatable bonds is 6. The van der Waals surface area contributed by atoms with Crippen molar-refractivity contribution >= 4 is 21.8 Å². The van der Waals surface area contributed by atoms with Crippen LogP contribution >= 0.6 is 15.9 Å². The van der Waals surface area contributed by atoms with E-state index in [0.717, 1.165) is 17.3 Å². The van der Waals surface area contributed by atoms with Crippen molar-refractivity contribution in [3.05, 3.63) is 34.1 Å². The number of amides is 1. The molecule has 0 spiro atoms. The van der Waals surface area contributed by atoms with Gasteiger partial charge in [-0.25, -0.2) is 4.39 Å². The van der Waals surface area contributed by atoms with E-state index in [1.54, 1.807) is 12.1 Å². The number of carbonyl (C=O) groups excluding carboxylic acids is 1. The maximum Gasteiger partial charge on any atom is 0.220 e. The van der Waals surface area contributed by atoms with Gasteiger partial charge in [-0.15, -0.1) is 12.3 Å². The number of terminal acetylenes is 1. The molecule has 0 saturated carbocycles. The fourth-order valence-electron chi connectivity index (χ4n) is 1.47. The molecule has 1 rings (SSSR count). The molecule has 4 heteroatoms. The van der Waals surface area contributed by atoms with Crippen molar-refractivity contribution in [3.63, 3.8) is 0 Å². The van der Waals surface area contributed by atoms with Gasteiger partial charge in [-0.05, 0) is 31.0 Å². The van der Waals surface area contributed by atoms with E-state index in [-0.39, 0.29) is 18.3 Å². The highest BCUT2D eigenvalue weighted by atomic mass is 79.9. The first kappa shape index (κ1) is 14.7. The van der Waals surface area contributed by atoms with E-state index in [1.165, 1.54) is 6.07 Å². The molecular formula is C14H15BrFNO. The molecule has 1 amide bonds. The van der Waals surface area contributed by atoms with Gasteiger partial charge < -0.3 is 5.32 Å². The molecule has 0 saturated heterocycles. The van der Waals surface area contributed by atoms with E-state index in [1.807, 2.05) is 0 Å². The number of halogens is 2. The number of benzene rings is 1. The summed E-state index contributed by atoms with van der Waals surface area (Å²) >= 11 is 3.26. The van der Waals surface area contributed by atoms with Gasteiger partial charge in [-0.2, -0.15) is 0 Å². The third-order valence-electron chi connectivity index (χ3n) is 2.46. The van der Waals surface area contributed by atoms with E-state index < -0.39 is 0 Å². The Hall–Kier alpha value is -1.34. The molecule has 1 N–H and O–H groups in total. The summed E-state index contributed by atoms with van der Waals surface area (Å²) in [6, 6.07) is 4.66. The van der Waals surface area contributed by atoms with Crippen LogP contribution in [0.2, 0.25) is 0 Å². The summed E-state index contributed by atoms with van der Waals surface area (Å²) in [5.74, 6) is 2.14. The van der Waals surface area contributed by atoms with Crippen molar-refractivity contribution in [2.75, 3.05) is 0 Å². The molecule has 0 radical (unpaired) electrons. The SMILES string of the molecule is C#CCCCCC(=O)NCc1cc(Br)ccc1F. The maximum atomic E-state index is 13.4. The van der Waals surface area contributed by atoms with Gasteiger partial charge in [0.1, 0.15) is 5.82 Å². The normalized spacial score (nSPS) is 9.83. The second kappa shape index (κ2) is 7.88. The molecule has 2 nitrogen and oxygen atoms in total. The lowest BCUT2D eigenvalue weighted by atomic mass is 10.2. The van der Waals surface area contributed by atoms with Crippen molar-refractivity contribution in [2.24, 2.45) is 0 Å². The highest BCUT2D eigenvalue weighted by Crippen LogP contribution is 2.15.